The van der Waals surface area contributed by atoms with Crippen molar-refractivity contribution in [2.75, 3.05) is 12.4 Å². The van der Waals surface area contributed by atoms with Crippen molar-refractivity contribution in [1.29, 1.82) is 0 Å². The van der Waals surface area contributed by atoms with Gasteiger partial charge in [-0.05, 0) is 19.1 Å². The summed E-state index contributed by atoms with van der Waals surface area (Å²) in [4.78, 5) is 12.6. The normalized spacial score (nSPS) is 15.2. The first-order chi connectivity index (χ1) is 12.6. The molecule has 132 valence electrons. The topological polar surface area (TPSA) is 73.3 Å². The summed E-state index contributed by atoms with van der Waals surface area (Å²) in [7, 11) is 1.57. The minimum Gasteiger partial charge on any atom is -0.493 e. The van der Waals surface area contributed by atoms with Gasteiger partial charge in [0.1, 0.15) is 11.1 Å². The number of methoxy groups -OCH3 is 1. The second kappa shape index (κ2) is 6.76. The Hall–Kier alpha value is -2.93. The smallest absolute Gasteiger partial charge is 0.257 e. The van der Waals surface area contributed by atoms with Crippen molar-refractivity contribution < 1.29 is 14.3 Å². The molecule has 0 spiro atoms. The number of ether oxygens (including phenoxy) is 2. The number of aromatic nitrogens is 2. The number of nitrogens with zero attached hydrogens (tertiary/aromatic N) is 2. The van der Waals surface area contributed by atoms with Crippen molar-refractivity contribution in [3.8, 4) is 22.1 Å². The van der Waals surface area contributed by atoms with Crippen LogP contribution < -0.4 is 14.8 Å². The van der Waals surface area contributed by atoms with Gasteiger partial charge in [-0.15, -0.1) is 10.2 Å². The predicted octanol–water partition coefficient (Wildman–Crippen LogP) is 3.79. The van der Waals surface area contributed by atoms with Crippen molar-refractivity contribution in [3.63, 3.8) is 0 Å². The number of amides is 1. The minimum absolute atomic E-state index is 0.0776. The molecule has 0 radical (unpaired) electrons. The molecular weight excluding hydrogens is 350 g/mol. The standard InChI is InChI=1S/C19H17N3O3S/c1-11-8-13-9-14(10-15(24-2)16(13)25-11)17(23)20-19-22-21-18(26-19)12-6-4-3-5-7-12/h3-7,9-11H,8H2,1-2H3,(H,20,22,23)/t11-/m1/s1. The quantitative estimate of drug-likeness (QED) is 0.759. The summed E-state index contributed by atoms with van der Waals surface area (Å²) in [5, 5.41) is 12.2. The van der Waals surface area contributed by atoms with Gasteiger partial charge in [-0.25, -0.2) is 0 Å². The van der Waals surface area contributed by atoms with Gasteiger partial charge in [0.2, 0.25) is 5.13 Å². The summed E-state index contributed by atoms with van der Waals surface area (Å²) >= 11 is 1.33. The van der Waals surface area contributed by atoms with Crippen molar-refractivity contribution in [2.24, 2.45) is 0 Å². The maximum atomic E-state index is 12.6. The fourth-order valence-electron chi connectivity index (χ4n) is 2.92. The van der Waals surface area contributed by atoms with Crippen LogP contribution in [-0.4, -0.2) is 29.3 Å². The number of rotatable bonds is 4. The molecule has 0 saturated carbocycles. The molecule has 7 heteroatoms. The summed E-state index contributed by atoms with van der Waals surface area (Å²) < 4.78 is 11.1. The molecular formula is C19H17N3O3S. The Morgan fingerprint density at radius 2 is 2.08 bits per heavy atom. The van der Waals surface area contributed by atoms with Gasteiger partial charge >= 0.3 is 0 Å². The number of nitrogens with one attached hydrogen (secondary N) is 1. The lowest BCUT2D eigenvalue weighted by molar-refractivity contribution is 0.102. The van der Waals surface area contributed by atoms with Gasteiger partial charge < -0.3 is 9.47 Å². The molecule has 0 fully saturated rings. The lowest BCUT2D eigenvalue weighted by atomic mass is 10.1. The van der Waals surface area contributed by atoms with Gasteiger partial charge in [-0.1, -0.05) is 41.7 Å². The number of hydrogen-bond acceptors (Lipinski definition) is 6. The molecule has 2 heterocycles. The van der Waals surface area contributed by atoms with Crippen LogP contribution in [0.4, 0.5) is 5.13 Å². The van der Waals surface area contributed by atoms with E-state index in [2.05, 4.69) is 15.5 Å². The lowest BCUT2D eigenvalue weighted by Gasteiger charge is -2.10. The molecule has 2 aromatic carbocycles. The third-order valence-electron chi connectivity index (χ3n) is 4.11. The molecule has 1 aliphatic rings. The predicted molar refractivity (Wildman–Crippen MR) is 100 cm³/mol. The summed E-state index contributed by atoms with van der Waals surface area (Å²) in [6, 6.07) is 13.3. The van der Waals surface area contributed by atoms with Crippen molar-refractivity contribution >= 4 is 22.4 Å². The largest absolute Gasteiger partial charge is 0.493 e. The third-order valence-corrected chi connectivity index (χ3v) is 4.99. The highest BCUT2D eigenvalue weighted by molar-refractivity contribution is 7.18. The van der Waals surface area contributed by atoms with Crippen molar-refractivity contribution in [3.05, 3.63) is 53.6 Å². The Bertz CT molecular complexity index is 956. The van der Waals surface area contributed by atoms with Crippen molar-refractivity contribution in [1.82, 2.24) is 10.2 Å². The van der Waals surface area contributed by atoms with Crippen LogP contribution in [0.25, 0.3) is 10.6 Å². The summed E-state index contributed by atoms with van der Waals surface area (Å²) in [6.45, 7) is 1.99. The van der Waals surface area contributed by atoms with E-state index in [4.69, 9.17) is 9.47 Å². The highest BCUT2D eigenvalue weighted by Crippen LogP contribution is 2.39. The van der Waals surface area contributed by atoms with E-state index in [1.165, 1.54) is 11.3 Å². The highest BCUT2D eigenvalue weighted by atomic mass is 32.1. The molecule has 1 amide bonds. The number of carbonyl (C=O) groups is 1. The maximum Gasteiger partial charge on any atom is 0.257 e. The number of carbonyl (C=O) groups excluding carboxylic acids is 1. The molecule has 26 heavy (non-hydrogen) atoms. The fraction of sp³-hybridized carbons (Fsp3) is 0.211. The van der Waals surface area contributed by atoms with Gasteiger partial charge in [0.25, 0.3) is 5.91 Å². The second-order valence-electron chi connectivity index (χ2n) is 6.03. The van der Waals surface area contributed by atoms with Gasteiger partial charge in [0.15, 0.2) is 11.5 Å². The molecule has 0 unspecified atom stereocenters. The Morgan fingerprint density at radius 1 is 1.27 bits per heavy atom. The number of fused-ring (bicyclic) bond motifs is 1. The van der Waals surface area contributed by atoms with E-state index < -0.39 is 0 Å². The van der Waals surface area contributed by atoms with E-state index >= 15 is 0 Å². The molecule has 6 nitrogen and oxygen atoms in total. The van der Waals surface area contributed by atoms with Crippen LogP contribution in [0.15, 0.2) is 42.5 Å². The number of anilines is 1. The summed E-state index contributed by atoms with van der Waals surface area (Å²) in [6.07, 6.45) is 0.831. The summed E-state index contributed by atoms with van der Waals surface area (Å²) in [5.74, 6) is 1.04. The van der Waals surface area contributed by atoms with Gasteiger partial charge in [-0.2, -0.15) is 0 Å². The molecule has 0 saturated heterocycles. The monoisotopic (exact) mass is 367 g/mol. The second-order valence-corrected chi connectivity index (χ2v) is 7.01. The van der Waals surface area contributed by atoms with Crippen LogP contribution in [0, 0.1) is 0 Å². The Labute approximate surface area is 154 Å². The molecule has 1 atom stereocenters. The number of benzene rings is 2. The molecule has 0 aliphatic carbocycles. The SMILES string of the molecule is COc1cc(C(=O)Nc2nnc(-c3ccccc3)s2)cc2c1O[C@H](C)C2. The molecule has 3 aromatic rings. The van der Waals surface area contributed by atoms with E-state index in [9.17, 15) is 4.79 Å². The molecule has 4 rings (SSSR count). The Kier molecular flexibility index (Phi) is 4.30. The molecule has 1 N–H and O–H groups in total. The van der Waals surface area contributed by atoms with E-state index in [0.717, 1.165) is 28.3 Å². The van der Waals surface area contributed by atoms with Gasteiger partial charge in [0, 0.05) is 23.1 Å². The van der Waals surface area contributed by atoms with E-state index in [1.807, 2.05) is 43.3 Å². The molecule has 1 aromatic heterocycles. The van der Waals surface area contributed by atoms with Crippen LogP contribution in [-0.2, 0) is 6.42 Å². The highest BCUT2D eigenvalue weighted by Gasteiger charge is 2.25. The van der Waals surface area contributed by atoms with E-state index in [-0.39, 0.29) is 12.0 Å². The first-order valence-electron chi connectivity index (χ1n) is 8.22. The van der Waals surface area contributed by atoms with E-state index in [0.29, 0.717) is 16.4 Å². The average molecular weight is 367 g/mol. The lowest BCUT2D eigenvalue weighted by Crippen LogP contribution is -2.12. The zero-order valence-corrected chi connectivity index (χ0v) is 15.2. The molecule has 0 bridgehead atoms. The zero-order chi connectivity index (χ0) is 18.1. The molecule has 1 aliphatic heterocycles. The third kappa shape index (κ3) is 3.13. The van der Waals surface area contributed by atoms with Crippen molar-refractivity contribution in [2.45, 2.75) is 19.4 Å². The Morgan fingerprint density at radius 3 is 2.85 bits per heavy atom. The first-order valence-corrected chi connectivity index (χ1v) is 9.03. The maximum absolute atomic E-state index is 12.6. The fourth-order valence-corrected chi connectivity index (χ4v) is 3.67. The van der Waals surface area contributed by atoms with Crippen LogP contribution in [0.1, 0.15) is 22.8 Å². The Balaban J connectivity index is 1.56. The van der Waals surface area contributed by atoms with Gasteiger partial charge in [0.05, 0.1) is 7.11 Å². The van der Waals surface area contributed by atoms with Crippen LogP contribution >= 0.6 is 11.3 Å². The zero-order valence-electron chi connectivity index (χ0n) is 14.4. The van der Waals surface area contributed by atoms with Crippen LogP contribution in [0.5, 0.6) is 11.5 Å². The number of hydrogen-bond donors (Lipinski definition) is 1. The van der Waals surface area contributed by atoms with Crippen LogP contribution in [0.3, 0.4) is 0 Å². The average Bonchev–Trinajstić information content (AvgIpc) is 3.27. The van der Waals surface area contributed by atoms with Gasteiger partial charge in [-0.3, -0.25) is 10.1 Å². The van der Waals surface area contributed by atoms with Crippen LogP contribution in [0.2, 0.25) is 0 Å². The van der Waals surface area contributed by atoms with E-state index in [1.54, 1.807) is 13.2 Å². The minimum atomic E-state index is -0.249. The summed E-state index contributed by atoms with van der Waals surface area (Å²) in [5.41, 5.74) is 2.45. The first kappa shape index (κ1) is 16.5.